The third kappa shape index (κ3) is 6.37. The molecule has 2 aliphatic heterocycles. The summed E-state index contributed by atoms with van der Waals surface area (Å²) < 4.78 is 9.71. The summed E-state index contributed by atoms with van der Waals surface area (Å²) in [5, 5.41) is 2.93. The molecule has 200 valence electrons. The normalized spacial score (nSPS) is 15.3. The molecule has 10 nitrogen and oxygen atoms in total. The van der Waals surface area contributed by atoms with Gasteiger partial charge in [-0.3, -0.25) is 24.1 Å². The molecule has 0 bridgehead atoms. The first-order chi connectivity index (χ1) is 18.4. The first-order valence-electron chi connectivity index (χ1n) is 12.8. The lowest BCUT2D eigenvalue weighted by atomic mass is 9.96. The highest BCUT2D eigenvalue weighted by Gasteiger charge is 2.34. The van der Waals surface area contributed by atoms with E-state index < -0.39 is 6.16 Å². The Labute approximate surface area is 220 Å². The van der Waals surface area contributed by atoms with Crippen molar-refractivity contribution in [2.75, 3.05) is 32.8 Å². The maximum Gasteiger partial charge on any atom is 0.513 e. The number of fused-ring (bicyclic) bond motifs is 1. The fraction of sp³-hybridized carbons (Fsp3) is 0.393. The zero-order valence-corrected chi connectivity index (χ0v) is 21.3. The lowest BCUT2D eigenvalue weighted by Gasteiger charge is -2.32. The summed E-state index contributed by atoms with van der Waals surface area (Å²) >= 11 is 0. The van der Waals surface area contributed by atoms with Crippen LogP contribution >= 0.6 is 0 Å². The van der Waals surface area contributed by atoms with Crippen LogP contribution in [0.5, 0.6) is 5.75 Å². The van der Waals surface area contributed by atoms with Gasteiger partial charge in [0.05, 0.1) is 17.7 Å². The van der Waals surface area contributed by atoms with Gasteiger partial charge in [-0.05, 0) is 68.5 Å². The Kier molecular flexibility index (Phi) is 8.73. The van der Waals surface area contributed by atoms with Gasteiger partial charge >= 0.3 is 6.16 Å². The quantitative estimate of drug-likeness (QED) is 0.305. The Bertz CT molecular complexity index is 1170. The zero-order valence-electron chi connectivity index (χ0n) is 21.3. The number of carbonyl (C=O) groups excluding carboxylic acids is 5. The van der Waals surface area contributed by atoms with Crippen molar-refractivity contribution in [2.45, 2.75) is 32.6 Å². The van der Waals surface area contributed by atoms with E-state index in [1.165, 1.54) is 17.0 Å². The number of ether oxygens (including phenoxy) is 2. The van der Waals surface area contributed by atoms with E-state index in [4.69, 9.17) is 9.47 Å². The summed E-state index contributed by atoms with van der Waals surface area (Å²) in [6.07, 6.45) is 1.44. The predicted octanol–water partition coefficient (Wildman–Crippen LogP) is 3.27. The van der Waals surface area contributed by atoms with Crippen LogP contribution in [-0.4, -0.2) is 72.4 Å². The molecule has 2 aromatic carbocycles. The number of nitrogens with zero attached hydrogens (tertiary/aromatic N) is 2. The van der Waals surface area contributed by atoms with Gasteiger partial charge in [0, 0.05) is 38.2 Å². The van der Waals surface area contributed by atoms with Crippen molar-refractivity contribution in [2.24, 2.45) is 5.92 Å². The van der Waals surface area contributed by atoms with Crippen LogP contribution in [0.3, 0.4) is 0 Å². The minimum atomic E-state index is -0.794. The van der Waals surface area contributed by atoms with Gasteiger partial charge in [0.15, 0.2) is 0 Å². The van der Waals surface area contributed by atoms with Crippen molar-refractivity contribution < 1.29 is 33.4 Å². The van der Waals surface area contributed by atoms with Crippen molar-refractivity contribution >= 4 is 29.8 Å². The van der Waals surface area contributed by atoms with E-state index in [1.54, 1.807) is 43.3 Å². The fourth-order valence-electron chi connectivity index (χ4n) is 4.63. The molecule has 38 heavy (non-hydrogen) atoms. The van der Waals surface area contributed by atoms with Crippen molar-refractivity contribution in [3.8, 4) is 5.75 Å². The van der Waals surface area contributed by atoms with Gasteiger partial charge in [-0.25, -0.2) is 4.79 Å². The van der Waals surface area contributed by atoms with Crippen LogP contribution < -0.4 is 10.1 Å². The molecule has 0 spiro atoms. The first kappa shape index (κ1) is 26.8. The molecule has 2 heterocycles. The number of rotatable bonds is 9. The van der Waals surface area contributed by atoms with Crippen LogP contribution in [0, 0.1) is 5.92 Å². The Hall–Kier alpha value is -4.21. The van der Waals surface area contributed by atoms with Gasteiger partial charge in [-0.1, -0.05) is 12.1 Å². The van der Waals surface area contributed by atoms with Gasteiger partial charge in [0.2, 0.25) is 5.91 Å². The van der Waals surface area contributed by atoms with E-state index in [-0.39, 0.29) is 49.1 Å². The number of benzene rings is 2. The second kappa shape index (κ2) is 12.4. The van der Waals surface area contributed by atoms with Crippen molar-refractivity contribution in [3.63, 3.8) is 0 Å². The maximum absolute atomic E-state index is 12.7. The maximum atomic E-state index is 12.7. The number of likely N-dealkylation sites (tertiary alicyclic amines) is 1. The summed E-state index contributed by atoms with van der Waals surface area (Å²) in [6, 6.07) is 13.0. The largest absolute Gasteiger partial charge is 0.513 e. The van der Waals surface area contributed by atoms with Gasteiger partial charge in [-0.15, -0.1) is 0 Å². The average Bonchev–Trinajstić information content (AvgIpc) is 3.17. The van der Waals surface area contributed by atoms with E-state index in [0.29, 0.717) is 48.5 Å². The van der Waals surface area contributed by atoms with E-state index in [1.807, 2.05) is 4.90 Å². The molecule has 4 rings (SSSR count). The number of nitrogens with one attached hydrogen (secondary N) is 1. The third-order valence-corrected chi connectivity index (χ3v) is 6.75. The minimum Gasteiger partial charge on any atom is -0.434 e. The molecule has 2 aliphatic rings. The zero-order chi connectivity index (χ0) is 27.1. The van der Waals surface area contributed by atoms with Gasteiger partial charge in [0.25, 0.3) is 17.7 Å². The highest BCUT2D eigenvalue weighted by atomic mass is 16.7. The minimum absolute atomic E-state index is 0.00854. The lowest BCUT2D eigenvalue weighted by Crippen LogP contribution is -2.41. The fourth-order valence-corrected chi connectivity index (χ4v) is 4.63. The molecular weight excluding hydrogens is 490 g/mol. The predicted molar refractivity (Wildman–Crippen MR) is 137 cm³/mol. The Balaban J connectivity index is 1.14. The molecular formula is C28H31N3O7. The topological polar surface area (TPSA) is 122 Å². The molecule has 4 amide bonds. The SMILES string of the molecule is CCOC(=O)Oc1ccc(C(=O)NCC2CCN(C(=O)CCCN3C(=O)c4ccccc4C3=O)CC2)cc1. The van der Waals surface area contributed by atoms with Crippen LogP contribution in [0.1, 0.15) is 63.7 Å². The molecule has 1 fully saturated rings. The average molecular weight is 522 g/mol. The summed E-state index contributed by atoms with van der Waals surface area (Å²) in [5.74, 6) is -0.272. The van der Waals surface area contributed by atoms with E-state index in [9.17, 15) is 24.0 Å². The van der Waals surface area contributed by atoms with Gasteiger partial charge in [0.1, 0.15) is 5.75 Å². The first-order valence-corrected chi connectivity index (χ1v) is 12.8. The Morgan fingerprint density at radius 3 is 2.18 bits per heavy atom. The number of carbonyl (C=O) groups is 5. The molecule has 10 heteroatoms. The summed E-state index contributed by atoms with van der Waals surface area (Å²) in [5.41, 5.74) is 1.28. The number of amides is 4. The standard InChI is InChI=1S/C28H31N3O7/c1-2-37-28(36)38-21-11-9-20(10-12-21)25(33)29-18-19-13-16-30(17-14-19)24(32)8-5-15-31-26(34)22-6-3-4-7-23(22)27(31)35/h3-4,6-7,9-12,19H,2,5,8,13-18H2,1H3,(H,29,33). The van der Waals surface area contributed by atoms with Gasteiger partial charge < -0.3 is 19.7 Å². The van der Waals surface area contributed by atoms with Gasteiger partial charge in [-0.2, -0.15) is 0 Å². The highest BCUT2D eigenvalue weighted by molar-refractivity contribution is 6.21. The van der Waals surface area contributed by atoms with Crippen LogP contribution in [0.2, 0.25) is 0 Å². The molecule has 0 saturated carbocycles. The van der Waals surface area contributed by atoms with E-state index >= 15 is 0 Å². The monoisotopic (exact) mass is 521 g/mol. The van der Waals surface area contributed by atoms with Crippen LogP contribution in [0.15, 0.2) is 48.5 Å². The second-order valence-corrected chi connectivity index (χ2v) is 9.25. The Morgan fingerprint density at radius 2 is 1.58 bits per heavy atom. The smallest absolute Gasteiger partial charge is 0.434 e. The third-order valence-electron chi connectivity index (χ3n) is 6.75. The molecule has 1 N–H and O–H groups in total. The molecule has 2 aromatic rings. The summed E-state index contributed by atoms with van der Waals surface area (Å²) in [4.78, 5) is 64.5. The van der Waals surface area contributed by atoms with E-state index in [0.717, 1.165) is 12.8 Å². The molecule has 0 aromatic heterocycles. The number of hydrogen-bond acceptors (Lipinski definition) is 7. The Morgan fingerprint density at radius 1 is 0.947 bits per heavy atom. The molecule has 0 radical (unpaired) electrons. The summed E-state index contributed by atoms with van der Waals surface area (Å²) in [6.45, 7) is 3.82. The lowest BCUT2D eigenvalue weighted by molar-refractivity contribution is -0.132. The molecule has 1 saturated heterocycles. The second-order valence-electron chi connectivity index (χ2n) is 9.25. The van der Waals surface area contributed by atoms with Crippen molar-refractivity contribution in [3.05, 3.63) is 65.2 Å². The number of imide groups is 1. The molecule has 0 unspecified atom stereocenters. The van der Waals surface area contributed by atoms with Crippen molar-refractivity contribution in [1.29, 1.82) is 0 Å². The summed E-state index contributed by atoms with van der Waals surface area (Å²) in [7, 11) is 0. The molecule has 0 aliphatic carbocycles. The van der Waals surface area contributed by atoms with E-state index in [2.05, 4.69) is 5.32 Å². The number of piperidine rings is 1. The molecule has 0 atom stereocenters. The van der Waals surface area contributed by atoms with Crippen molar-refractivity contribution in [1.82, 2.24) is 15.1 Å². The highest BCUT2D eigenvalue weighted by Crippen LogP contribution is 2.23. The van der Waals surface area contributed by atoms with Crippen LogP contribution in [0.4, 0.5) is 4.79 Å². The number of hydrogen-bond donors (Lipinski definition) is 1. The van der Waals surface area contributed by atoms with Crippen LogP contribution in [-0.2, 0) is 9.53 Å². The van der Waals surface area contributed by atoms with Crippen LogP contribution in [0.25, 0.3) is 0 Å².